The molecule has 3 aromatic rings. The molecule has 1 aliphatic heterocycles. The molecule has 9 nitrogen and oxygen atoms in total. The van der Waals surface area contributed by atoms with Crippen LogP contribution in [0.1, 0.15) is 23.7 Å². The summed E-state index contributed by atoms with van der Waals surface area (Å²) in [5.74, 6) is 0.538. The van der Waals surface area contributed by atoms with Gasteiger partial charge in [-0.3, -0.25) is 4.79 Å². The quantitative estimate of drug-likeness (QED) is 0.526. The summed E-state index contributed by atoms with van der Waals surface area (Å²) in [5.41, 5.74) is 1.14. The number of halogens is 1. The van der Waals surface area contributed by atoms with Crippen LogP contribution in [0.15, 0.2) is 42.9 Å². The minimum atomic E-state index is -3.55. The van der Waals surface area contributed by atoms with Crippen LogP contribution < -0.4 is 10.2 Å². The van der Waals surface area contributed by atoms with Gasteiger partial charge in [-0.15, -0.1) is 0 Å². The molecule has 2 aromatic heterocycles. The second kappa shape index (κ2) is 9.66. The summed E-state index contributed by atoms with van der Waals surface area (Å²) in [5, 5.41) is 4.02. The highest BCUT2D eigenvalue weighted by Gasteiger charge is 2.35. The molecule has 2 unspecified atom stereocenters. The first-order valence-corrected chi connectivity index (χ1v) is 12.8. The number of anilines is 1. The van der Waals surface area contributed by atoms with E-state index in [0.717, 1.165) is 23.3 Å². The Hall–Kier alpha value is -2.69. The zero-order valence-corrected chi connectivity index (χ0v) is 20.1. The van der Waals surface area contributed by atoms with Crippen LogP contribution in [0, 0.1) is 5.92 Å². The number of aromatic nitrogens is 3. The zero-order valence-electron chi connectivity index (χ0n) is 18.5. The topological polar surface area (TPSA) is 111 Å². The van der Waals surface area contributed by atoms with Crippen LogP contribution in [0.4, 0.5) is 5.82 Å². The lowest BCUT2D eigenvalue weighted by atomic mass is 9.93. The van der Waals surface area contributed by atoms with Crippen LogP contribution in [0.3, 0.4) is 0 Å². The van der Waals surface area contributed by atoms with E-state index in [1.165, 1.54) is 10.6 Å². The molecular weight excluding hydrogens is 464 g/mol. The van der Waals surface area contributed by atoms with Crippen molar-refractivity contribution in [2.24, 2.45) is 5.92 Å². The number of benzene rings is 1. The van der Waals surface area contributed by atoms with Crippen LogP contribution in [0.2, 0.25) is 5.02 Å². The molecule has 3 heterocycles. The number of carbonyl (C=O) groups is 1. The van der Waals surface area contributed by atoms with Crippen LogP contribution in [0.25, 0.3) is 11.0 Å². The van der Waals surface area contributed by atoms with Crippen LogP contribution >= 0.6 is 11.6 Å². The van der Waals surface area contributed by atoms with E-state index in [0.29, 0.717) is 23.7 Å². The monoisotopic (exact) mass is 490 g/mol. The van der Waals surface area contributed by atoms with E-state index >= 15 is 0 Å². The fourth-order valence-electron chi connectivity index (χ4n) is 4.23. The molecule has 0 aliphatic carbocycles. The number of likely N-dealkylation sites (N-methyl/N-ethyl adjacent to an activating group) is 1. The molecule has 1 aliphatic rings. The maximum absolute atomic E-state index is 13.0. The zero-order chi connectivity index (χ0) is 23.6. The Balaban J connectivity index is 1.41. The lowest BCUT2D eigenvalue weighted by Crippen LogP contribution is -2.53. The lowest BCUT2D eigenvalue weighted by Gasteiger charge is -2.41. The highest BCUT2D eigenvalue weighted by molar-refractivity contribution is 7.89. The van der Waals surface area contributed by atoms with Gasteiger partial charge in [0.05, 0.1) is 11.1 Å². The van der Waals surface area contributed by atoms with Crippen molar-refractivity contribution in [3.8, 4) is 0 Å². The maximum Gasteiger partial charge on any atom is 0.251 e. The Kier molecular flexibility index (Phi) is 6.87. The maximum atomic E-state index is 13.0. The van der Waals surface area contributed by atoms with Crippen molar-refractivity contribution in [2.75, 3.05) is 37.3 Å². The van der Waals surface area contributed by atoms with E-state index in [4.69, 9.17) is 11.6 Å². The average molecular weight is 491 g/mol. The molecule has 33 heavy (non-hydrogen) atoms. The fourth-order valence-corrected chi connectivity index (χ4v) is 5.80. The van der Waals surface area contributed by atoms with E-state index in [9.17, 15) is 13.2 Å². The highest BCUT2D eigenvalue weighted by atomic mass is 35.5. The largest absolute Gasteiger partial charge is 0.354 e. The second-order valence-electron chi connectivity index (χ2n) is 8.32. The third-order valence-corrected chi connectivity index (χ3v) is 8.25. The molecule has 0 bridgehead atoms. The van der Waals surface area contributed by atoms with Gasteiger partial charge < -0.3 is 15.2 Å². The number of nitrogens with one attached hydrogen (secondary N) is 2. The summed E-state index contributed by atoms with van der Waals surface area (Å²) < 4.78 is 27.6. The summed E-state index contributed by atoms with van der Waals surface area (Å²) in [7, 11) is -1.60. The minimum absolute atomic E-state index is 0.0239. The molecular formula is C22H27ClN6O3S. The van der Waals surface area contributed by atoms with Crippen LogP contribution in [-0.2, 0) is 10.0 Å². The van der Waals surface area contributed by atoms with Gasteiger partial charge in [0.15, 0.2) is 0 Å². The first-order chi connectivity index (χ1) is 15.8. The summed E-state index contributed by atoms with van der Waals surface area (Å²) in [6.45, 7) is 2.97. The Morgan fingerprint density at radius 2 is 2.15 bits per heavy atom. The summed E-state index contributed by atoms with van der Waals surface area (Å²) in [6.07, 6.45) is 4.06. The molecule has 2 atom stereocenters. The number of hydrogen-bond donors (Lipinski definition) is 2. The third kappa shape index (κ3) is 5.13. The number of amides is 1. The van der Waals surface area contributed by atoms with Gasteiger partial charge in [-0.25, -0.2) is 18.4 Å². The first-order valence-electron chi connectivity index (χ1n) is 10.8. The number of rotatable bonds is 7. The Bertz CT molecular complexity index is 1250. The van der Waals surface area contributed by atoms with Gasteiger partial charge in [0.2, 0.25) is 10.0 Å². The molecule has 0 spiro atoms. The number of aromatic amines is 1. The Morgan fingerprint density at radius 3 is 2.94 bits per heavy atom. The smallest absolute Gasteiger partial charge is 0.251 e. The summed E-state index contributed by atoms with van der Waals surface area (Å²) in [6, 6.07) is 8.42. The van der Waals surface area contributed by atoms with Crippen molar-refractivity contribution < 1.29 is 13.2 Å². The molecule has 11 heteroatoms. The summed E-state index contributed by atoms with van der Waals surface area (Å²) in [4.78, 5) is 26.1. The van der Waals surface area contributed by atoms with E-state index in [2.05, 4.69) is 27.2 Å². The fraction of sp³-hybridized carbons (Fsp3) is 0.409. The van der Waals surface area contributed by atoms with Crippen molar-refractivity contribution >= 4 is 44.4 Å². The molecule has 1 fully saturated rings. The second-order valence-corrected chi connectivity index (χ2v) is 10.8. The van der Waals surface area contributed by atoms with Gasteiger partial charge in [-0.05, 0) is 36.6 Å². The third-order valence-electron chi connectivity index (χ3n) is 6.17. The SMILES string of the molecule is CC1CCN(S(=O)(=O)CCNC(=O)c2cccc(Cl)c2)CC1N(C)c1ncnc2[nH]ccc12. The Labute approximate surface area is 198 Å². The molecule has 176 valence electrons. The van der Waals surface area contributed by atoms with Crippen molar-refractivity contribution in [1.29, 1.82) is 0 Å². The van der Waals surface area contributed by atoms with Gasteiger partial charge in [0.1, 0.15) is 17.8 Å². The van der Waals surface area contributed by atoms with Crippen LogP contribution in [0.5, 0.6) is 0 Å². The molecule has 1 saturated heterocycles. The highest BCUT2D eigenvalue weighted by Crippen LogP contribution is 2.29. The van der Waals surface area contributed by atoms with E-state index in [1.807, 2.05) is 24.2 Å². The number of H-pyrrole nitrogens is 1. The predicted molar refractivity (Wildman–Crippen MR) is 129 cm³/mol. The number of sulfonamides is 1. The van der Waals surface area contributed by atoms with Crippen LogP contribution in [-0.4, -0.2) is 72.1 Å². The van der Waals surface area contributed by atoms with Crippen molar-refractivity contribution in [1.82, 2.24) is 24.6 Å². The lowest BCUT2D eigenvalue weighted by molar-refractivity contribution is 0.0956. The molecule has 1 amide bonds. The van der Waals surface area contributed by atoms with Crippen molar-refractivity contribution in [3.63, 3.8) is 0 Å². The predicted octanol–water partition coefficient (Wildman–Crippen LogP) is 2.52. The van der Waals surface area contributed by atoms with E-state index < -0.39 is 10.0 Å². The average Bonchev–Trinajstić information content (AvgIpc) is 3.27. The van der Waals surface area contributed by atoms with Gasteiger partial charge >= 0.3 is 0 Å². The normalized spacial score (nSPS) is 19.5. The minimum Gasteiger partial charge on any atom is -0.354 e. The number of carbonyl (C=O) groups excluding carboxylic acids is 1. The summed E-state index contributed by atoms with van der Waals surface area (Å²) >= 11 is 5.92. The molecule has 4 rings (SSSR count). The Morgan fingerprint density at radius 1 is 1.33 bits per heavy atom. The van der Waals surface area contributed by atoms with Gasteiger partial charge in [-0.2, -0.15) is 4.31 Å². The molecule has 0 saturated carbocycles. The van der Waals surface area contributed by atoms with Crippen molar-refractivity contribution in [2.45, 2.75) is 19.4 Å². The number of nitrogens with zero attached hydrogens (tertiary/aromatic N) is 4. The number of piperidine rings is 1. The molecule has 1 aromatic carbocycles. The van der Waals surface area contributed by atoms with Gasteiger partial charge in [0, 0.05) is 49.5 Å². The van der Waals surface area contributed by atoms with E-state index in [1.54, 1.807) is 24.3 Å². The molecule has 0 radical (unpaired) electrons. The van der Waals surface area contributed by atoms with Crippen molar-refractivity contribution in [3.05, 3.63) is 53.4 Å². The van der Waals surface area contributed by atoms with Gasteiger partial charge in [0.25, 0.3) is 5.91 Å². The standard InChI is InChI=1S/C22H27ClN6O3S/c1-15-7-10-29(13-19(15)28(2)21-18-6-8-24-20(18)26-14-27-21)33(31,32)11-9-25-22(30)16-4-3-5-17(23)12-16/h3-6,8,12,14-15,19H,7,9-11,13H2,1-2H3,(H,25,30)(H,24,26,27). The van der Waals surface area contributed by atoms with E-state index in [-0.39, 0.29) is 30.2 Å². The van der Waals surface area contributed by atoms with Gasteiger partial charge in [-0.1, -0.05) is 24.6 Å². The number of hydrogen-bond acceptors (Lipinski definition) is 6. The molecule has 2 N–H and O–H groups in total. The first kappa shape index (κ1) is 23.5. The number of fused-ring (bicyclic) bond motifs is 1.